The topological polar surface area (TPSA) is 0 Å². The van der Waals surface area contributed by atoms with Crippen molar-refractivity contribution < 1.29 is 72.4 Å². The fourth-order valence-corrected chi connectivity index (χ4v) is 18.1. The Morgan fingerprint density at radius 3 is 1.57 bits per heavy atom. The zero-order valence-electron chi connectivity index (χ0n) is 36.9. The van der Waals surface area contributed by atoms with Gasteiger partial charge < -0.3 is 24.8 Å². The van der Waals surface area contributed by atoms with Crippen molar-refractivity contribution >= 4 is 6.48 Å². The summed E-state index contributed by atoms with van der Waals surface area (Å²) in [5.74, 6) is 0.106. The molecule has 0 nitrogen and oxygen atoms in total. The van der Waals surface area contributed by atoms with E-state index in [0.29, 0.717) is 11.1 Å². The second-order valence-corrected chi connectivity index (χ2v) is 25.3. The SMILES string of the molecule is CCCCC1C=C(C(C)(C)C)C=[C]1[Zr+2](=[C](c1ccc(C(F)(F)F)cc1)c1ccc(C(F)(F)F)cc1)[c]1c(C)c(C(C)(C)C)cc2c1Cc1cc(C)c(C(C)(C)C)cc1-2.[Cl-].[Cl-]. The number of aryl methyl sites for hydroxylation is 1. The molecule has 2 aliphatic carbocycles. The number of alkyl halides is 6. The Labute approximate surface area is 374 Å². The second-order valence-electron chi connectivity index (χ2n) is 19.6. The van der Waals surface area contributed by atoms with E-state index >= 15 is 0 Å². The summed E-state index contributed by atoms with van der Waals surface area (Å²) in [6, 6.07) is 17.8. The van der Waals surface area contributed by atoms with E-state index in [1.807, 2.05) is 0 Å². The summed E-state index contributed by atoms with van der Waals surface area (Å²) < 4.78 is 88.1. The van der Waals surface area contributed by atoms with Crippen LogP contribution in [0.4, 0.5) is 26.3 Å². The van der Waals surface area contributed by atoms with Crippen molar-refractivity contribution in [1.29, 1.82) is 0 Å². The van der Waals surface area contributed by atoms with Crippen molar-refractivity contribution in [2.75, 3.05) is 0 Å². The number of rotatable bonds is 7. The van der Waals surface area contributed by atoms with Gasteiger partial charge in [-0.3, -0.25) is 0 Å². The first-order chi connectivity index (χ1) is 26.7. The Hall–Kier alpha value is -2.73. The van der Waals surface area contributed by atoms with Crippen molar-refractivity contribution in [1.82, 2.24) is 0 Å². The van der Waals surface area contributed by atoms with Crippen LogP contribution in [0.1, 0.15) is 144 Å². The standard InChI is InChI=1S/C23H29.C15H8F6.C13H21.2ClH.Zr/c1-14-9-16-11-17-10-15(2)21(23(6,7)8)13-19(17)18(16)12-20(14)22(3,4)5;16-14(17,18)12-5-1-10(2-6-12)9-11-3-7-13(8-4-11)15(19,20)21;1-5-6-7-11-8-9-12(10-11)13(2,3)4;;;/h9,12-13H,11H2,1-8H3;1-8H;9-11H,5-7H2,1-4H3;2*1H;/q;;;;;+2/p-2. The van der Waals surface area contributed by atoms with Crippen LogP contribution >= 0.6 is 0 Å². The summed E-state index contributed by atoms with van der Waals surface area (Å²) in [4.78, 5) is 0. The maximum Gasteiger partial charge on any atom is -1.00 e. The minimum Gasteiger partial charge on any atom is -1.00 e. The van der Waals surface area contributed by atoms with E-state index in [1.165, 1.54) is 56.6 Å². The smallest absolute Gasteiger partial charge is 1.00 e. The van der Waals surface area contributed by atoms with Gasteiger partial charge in [-0.2, -0.15) is 0 Å². The second kappa shape index (κ2) is 17.8. The van der Waals surface area contributed by atoms with Crippen molar-refractivity contribution in [2.24, 2.45) is 11.3 Å². The van der Waals surface area contributed by atoms with Gasteiger partial charge in [-0.25, -0.2) is 0 Å². The molecule has 0 N–H and O–H groups in total. The van der Waals surface area contributed by atoms with Crippen molar-refractivity contribution in [3.05, 3.63) is 143 Å². The summed E-state index contributed by atoms with van der Waals surface area (Å²) in [5.41, 5.74) is 10.4. The number of unbranched alkanes of at least 4 members (excludes halogenated alkanes) is 1. The van der Waals surface area contributed by atoms with E-state index in [9.17, 15) is 26.3 Å². The maximum atomic E-state index is 14.1. The molecule has 0 spiro atoms. The van der Waals surface area contributed by atoms with E-state index in [2.05, 4.69) is 113 Å². The molecule has 1 unspecified atom stereocenters. The number of hydrogen-bond donors (Lipinski definition) is 0. The normalized spacial score (nSPS) is 15.2. The van der Waals surface area contributed by atoms with Crippen LogP contribution in [0, 0.1) is 25.2 Å². The minimum atomic E-state index is -4.53. The van der Waals surface area contributed by atoms with Gasteiger partial charge >= 0.3 is 352 Å². The molecule has 0 aromatic heterocycles. The molecular formula is C51H58Cl2F6Zr. The predicted molar refractivity (Wildman–Crippen MR) is 226 cm³/mol. The molecular weight excluding hydrogens is 889 g/mol. The predicted octanol–water partition coefficient (Wildman–Crippen LogP) is 8.70. The maximum absolute atomic E-state index is 14.1. The largest absolute Gasteiger partial charge is 1.00 e. The van der Waals surface area contributed by atoms with Gasteiger partial charge in [-0.15, -0.1) is 0 Å². The summed E-state index contributed by atoms with van der Waals surface area (Å²) >= 11 is -3.69. The Morgan fingerprint density at radius 2 is 1.13 bits per heavy atom. The van der Waals surface area contributed by atoms with E-state index in [1.54, 1.807) is 24.3 Å². The molecule has 0 fully saturated rings. The monoisotopic (exact) mass is 944 g/mol. The van der Waals surface area contributed by atoms with Gasteiger partial charge in [0.25, 0.3) is 0 Å². The third kappa shape index (κ3) is 10.1. The van der Waals surface area contributed by atoms with E-state index in [-0.39, 0.29) is 47.0 Å². The van der Waals surface area contributed by atoms with Crippen LogP contribution in [0.15, 0.2) is 87.7 Å². The molecule has 322 valence electrons. The van der Waals surface area contributed by atoms with Crippen LogP contribution in [0.3, 0.4) is 0 Å². The van der Waals surface area contributed by atoms with E-state index in [0.717, 1.165) is 53.2 Å². The summed E-state index contributed by atoms with van der Waals surface area (Å²) in [5, 5.41) is 0. The van der Waals surface area contributed by atoms with Gasteiger partial charge in [0.15, 0.2) is 0 Å². The van der Waals surface area contributed by atoms with Gasteiger partial charge in [0.2, 0.25) is 0 Å². The average molecular weight is 947 g/mol. The van der Waals surface area contributed by atoms with Crippen LogP contribution in [0.5, 0.6) is 0 Å². The molecule has 0 saturated carbocycles. The molecule has 9 heteroatoms. The zero-order chi connectivity index (χ0) is 42.9. The number of fused-ring (bicyclic) bond motifs is 3. The quantitative estimate of drug-likeness (QED) is 0.144. The van der Waals surface area contributed by atoms with Crippen molar-refractivity contribution in [3.63, 3.8) is 0 Å². The molecule has 1 atom stereocenters. The Balaban J connectivity index is 0.00000397. The first-order valence-electron chi connectivity index (χ1n) is 20.6. The first-order valence-corrected chi connectivity index (χ1v) is 24.3. The van der Waals surface area contributed by atoms with Gasteiger partial charge in [0.1, 0.15) is 0 Å². The molecule has 60 heavy (non-hydrogen) atoms. The third-order valence-electron chi connectivity index (χ3n) is 12.0. The van der Waals surface area contributed by atoms with Crippen LogP contribution in [0.2, 0.25) is 0 Å². The van der Waals surface area contributed by atoms with Crippen LogP contribution < -0.4 is 28.1 Å². The van der Waals surface area contributed by atoms with Gasteiger partial charge in [0.05, 0.1) is 0 Å². The van der Waals surface area contributed by atoms with Gasteiger partial charge in [0, 0.05) is 0 Å². The fourth-order valence-electron chi connectivity index (χ4n) is 9.08. The fraction of sp³-hybridized carbons (Fsp3) is 0.431. The Kier molecular flexibility index (Phi) is 14.8. The van der Waals surface area contributed by atoms with E-state index in [4.69, 9.17) is 0 Å². The summed E-state index contributed by atoms with van der Waals surface area (Å²) in [6.45, 7) is 26.6. The Bertz CT molecular complexity index is 2260. The molecule has 2 aliphatic rings. The molecule has 0 saturated heterocycles. The molecule has 0 radical (unpaired) electrons. The summed E-state index contributed by atoms with van der Waals surface area (Å²) in [6.07, 6.45) is -0.603. The zero-order valence-corrected chi connectivity index (χ0v) is 40.9. The van der Waals surface area contributed by atoms with E-state index < -0.39 is 44.7 Å². The molecule has 4 aromatic rings. The van der Waals surface area contributed by atoms with Gasteiger partial charge in [-0.1, -0.05) is 0 Å². The molecule has 0 aliphatic heterocycles. The number of halogens is 8. The Morgan fingerprint density at radius 1 is 0.650 bits per heavy atom. The molecule has 6 rings (SSSR count). The molecule has 4 aromatic carbocycles. The number of benzene rings is 4. The first kappa shape index (κ1) is 49.9. The van der Waals surface area contributed by atoms with Crippen LogP contribution in [-0.4, -0.2) is 3.21 Å². The molecule has 0 bridgehead atoms. The van der Waals surface area contributed by atoms with Crippen LogP contribution in [0.25, 0.3) is 11.1 Å². The van der Waals surface area contributed by atoms with Crippen molar-refractivity contribution in [3.8, 4) is 11.1 Å². The summed E-state index contributed by atoms with van der Waals surface area (Å²) in [7, 11) is 0. The van der Waals surface area contributed by atoms with Crippen LogP contribution in [-0.2, 0) is 50.9 Å². The minimum absolute atomic E-state index is 0. The van der Waals surface area contributed by atoms with Crippen molar-refractivity contribution in [2.45, 2.75) is 132 Å². The molecule has 0 heterocycles. The third-order valence-corrected chi connectivity index (χ3v) is 20.3. The number of hydrogen-bond acceptors (Lipinski definition) is 0. The average Bonchev–Trinajstić information content (AvgIpc) is 3.69. The molecule has 0 amide bonds. The number of allylic oxidation sites excluding steroid dienone is 4. The van der Waals surface area contributed by atoms with Gasteiger partial charge in [-0.05, 0) is 0 Å².